The molecule has 1 unspecified atom stereocenters. The van der Waals surface area contributed by atoms with Gasteiger partial charge in [0.05, 0.1) is 0 Å². The second-order valence-corrected chi connectivity index (χ2v) is 7.08. The third-order valence-electron chi connectivity index (χ3n) is 4.29. The number of rotatable bonds is 5. The Morgan fingerprint density at radius 3 is 2.28 bits per heavy atom. The normalized spacial score (nSPS) is 19.6. The van der Waals surface area contributed by atoms with Crippen molar-refractivity contribution < 1.29 is 0 Å². The molecule has 2 N–H and O–H groups in total. The number of hydrogen-bond acceptors (Lipinski definition) is 1. The third-order valence-corrected chi connectivity index (χ3v) is 4.29. The van der Waals surface area contributed by atoms with Gasteiger partial charge < -0.3 is 5.73 Å². The molecule has 0 aromatic heterocycles. The van der Waals surface area contributed by atoms with E-state index >= 15 is 0 Å². The smallest absolute Gasteiger partial charge is 0.0136 e. The molecule has 0 bridgehead atoms. The van der Waals surface area contributed by atoms with Crippen LogP contribution >= 0.6 is 0 Å². The first-order valence-electron chi connectivity index (χ1n) is 7.25. The van der Waals surface area contributed by atoms with Gasteiger partial charge >= 0.3 is 0 Å². The summed E-state index contributed by atoms with van der Waals surface area (Å²) in [6.45, 7) is 6.92. The van der Waals surface area contributed by atoms with Crippen LogP contribution in [-0.2, 0) is 5.41 Å². The van der Waals surface area contributed by atoms with Crippen molar-refractivity contribution in [3.05, 3.63) is 35.9 Å². The predicted octanol–water partition coefficient (Wildman–Crippen LogP) is 4.26. The van der Waals surface area contributed by atoms with Gasteiger partial charge in [-0.05, 0) is 36.7 Å². The van der Waals surface area contributed by atoms with Gasteiger partial charge in [0, 0.05) is 11.5 Å². The maximum Gasteiger partial charge on any atom is 0.0136 e. The van der Waals surface area contributed by atoms with Crippen molar-refractivity contribution in [2.24, 2.45) is 11.1 Å². The van der Waals surface area contributed by atoms with Crippen LogP contribution in [0.2, 0.25) is 0 Å². The zero-order valence-corrected chi connectivity index (χ0v) is 12.1. The maximum absolute atomic E-state index is 6.48. The molecule has 1 aromatic rings. The van der Waals surface area contributed by atoms with Crippen molar-refractivity contribution in [3.8, 4) is 0 Å². The van der Waals surface area contributed by atoms with Gasteiger partial charge in [-0.15, -0.1) is 0 Å². The molecule has 1 nitrogen and oxygen atoms in total. The molecule has 1 aliphatic rings. The lowest BCUT2D eigenvalue weighted by Gasteiger charge is -2.25. The average Bonchev–Trinajstić information content (AvgIpc) is 3.09. The summed E-state index contributed by atoms with van der Waals surface area (Å²) < 4.78 is 0. The molecule has 18 heavy (non-hydrogen) atoms. The summed E-state index contributed by atoms with van der Waals surface area (Å²) >= 11 is 0. The molecule has 1 fully saturated rings. The topological polar surface area (TPSA) is 26.0 Å². The monoisotopic (exact) mass is 245 g/mol. The van der Waals surface area contributed by atoms with E-state index in [1.165, 1.54) is 31.2 Å². The molecular weight excluding hydrogens is 218 g/mol. The molecule has 0 aliphatic heterocycles. The van der Waals surface area contributed by atoms with Crippen LogP contribution in [0.5, 0.6) is 0 Å². The van der Waals surface area contributed by atoms with Crippen LogP contribution in [-0.4, -0.2) is 6.04 Å². The standard InChI is InChI=1S/C17H27N/c1-16(2,3)11-7-10-15(18)17(12-13-17)14-8-5-4-6-9-14/h4-6,8-9,15H,7,10-13,18H2,1-3H3. The molecule has 0 spiro atoms. The fourth-order valence-corrected chi connectivity index (χ4v) is 2.91. The highest BCUT2D eigenvalue weighted by Gasteiger charge is 2.48. The summed E-state index contributed by atoms with van der Waals surface area (Å²) in [4.78, 5) is 0. The summed E-state index contributed by atoms with van der Waals surface area (Å²) in [5.74, 6) is 0. The van der Waals surface area contributed by atoms with Crippen LogP contribution in [0.1, 0.15) is 58.4 Å². The zero-order chi connectivity index (χ0) is 13.2. The molecular formula is C17H27N. The van der Waals surface area contributed by atoms with Gasteiger partial charge in [0.1, 0.15) is 0 Å². The first-order chi connectivity index (χ1) is 8.44. The summed E-state index contributed by atoms with van der Waals surface area (Å²) in [5, 5.41) is 0. The number of nitrogens with two attached hydrogens (primary N) is 1. The van der Waals surface area contributed by atoms with E-state index in [-0.39, 0.29) is 0 Å². The van der Waals surface area contributed by atoms with Crippen LogP contribution in [0.15, 0.2) is 30.3 Å². The van der Waals surface area contributed by atoms with E-state index in [1.807, 2.05) is 0 Å². The second kappa shape index (κ2) is 5.05. The van der Waals surface area contributed by atoms with Crippen LogP contribution in [0, 0.1) is 5.41 Å². The minimum absolute atomic E-state index is 0.305. The van der Waals surface area contributed by atoms with Gasteiger partial charge in [0.2, 0.25) is 0 Å². The lowest BCUT2D eigenvalue weighted by molar-refractivity contribution is 0.342. The van der Waals surface area contributed by atoms with E-state index in [9.17, 15) is 0 Å². The van der Waals surface area contributed by atoms with Crippen LogP contribution in [0.4, 0.5) is 0 Å². The van der Waals surface area contributed by atoms with Crippen molar-refractivity contribution >= 4 is 0 Å². The summed E-state index contributed by atoms with van der Waals surface area (Å²) in [7, 11) is 0. The Kier molecular flexibility index (Phi) is 3.82. The fraction of sp³-hybridized carbons (Fsp3) is 0.647. The van der Waals surface area contributed by atoms with E-state index in [0.717, 1.165) is 6.42 Å². The lowest BCUT2D eigenvalue weighted by Crippen LogP contribution is -2.35. The summed E-state index contributed by atoms with van der Waals surface area (Å²) in [5.41, 5.74) is 8.67. The molecule has 1 aromatic carbocycles. The van der Waals surface area contributed by atoms with E-state index in [4.69, 9.17) is 5.73 Å². The predicted molar refractivity (Wildman–Crippen MR) is 78.6 cm³/mol. The van der Waals surface area contributed by atoms with E-state index < -0.39 is 0 Å². The lowest BCUT2D eigenvalue weighted by atomic mass is 9.83. The van der Waals surface area contributed by atoms with Gasteiger partial charge in [-0.1, -0.05) is 57.5 Å². The number of hydrogen-bond donors (Lipinski definition) is 1. The van der Waals surface area contributed by atoms with Crippen molar-refractivity contribution in [3.63, 3.8) is 0 Å². The molecule has 0 radical (unpaired) electrons. The van der Waals surface area contributed by atoms with E-state index in [0.29, 0.717) is 16.9 Å². The van der Waals surface area contributed by atoms with Crippen LogP contribution in [0.3, 0.4) is 0 Å². The van der Waals surface area contributed by atoms with Crippen molar-refractivity contribution in [1.82, 2.24) is 0 Å². The Labute approximate surface area is 112 Å². The molecule has 100 valence electrons. The minimum Gasteiger partial charge on any atom is -0.327 e. The number of benzene rings is 1. The SMILES string of the molecule is CC(C)(C)CCCC(N)C1(c2ccccc2)CC1. The Hall–Kier alpha value is -0.820. The second-order valence-electron chi connectivity index (χ2n) is 7.08. The molecule has 0 amide bonds. The first kappa shape index (κ1) is 13.6. The third kappa shape index (κ3) is 3.14. The molecule has 0 saturated heterocycles. The van der Waals surface area contributed by atoms with Gasteiger partial charge in [-0.25, -0.2) is 0 Å². The van der Waals surface area contributed by atoms with Crippen LogP contribution < -0.4 is 5.73 Å². The highest BCUT2D eigenvalue weighted by molar-refractivity contribution is 5.33. The van der Waals surface area contributed by atoms with E-state index in [2.05, 4.69) is 51.1 Å². The highest BCUT2D eigenvalue weighted by Crippen LogP contribution is 2.51. The van der Waals surface area contributed by atoms with Crippen molar-refractivity contribution in [2.75, 3.05) is 0 Å². The Morgan fingerprint density at radius 2 is 1.78 bits per heavy atom. The minimum atomic E-state index is 0.305. The summed E-state index contributed by atoms with van der Waals surface area (Å²) in [6.07, 6.45) is 6.22. The van der Waals surface area contributed by atoms with Gasteiger partial charge in [-0.3, -0.25) is 0 Å². The van der Waals surface area contributed by atoms with Gasteiger partial charge in [0.15, 0.2) is 0 Å². The van der Waals surface area contributed by atoms with Gasteiger partial charge in [0.25, 0.3) is 0 Å². The molecule has 1 atom stereocenters. The highest BCUT2D eigenvalue weighted by atomic mass is 14.7. The first-order valence-corrected chi connectivity index (χ1v) is 7.25. The molecule has 0 heterocycles. The molecule has 1 aliphatic carbocycles. The average molecular weight is 245 g/mol. The van der Waals surface area contributed by atoms with Gasteiger partial charge in [-0.2, -0.15) is 0 Å². The quantitative estimate of drug-likeness (QED) is 0.824. The maximum atomic E-state index is 6.48. The molecule has 1 saturated carbocycles. The fourth-order valence-electron chi connectivity index (χ4n) is 2.91. The van der Waals surface area contributed by atoms with Crippen molar-refractivity contribution in [1.29, 1.82) is 0 Å². The Balaban J connectivity index is 1.91. The van der Waals surface area contributed by atoms with Crippen LogP contribution in [0.25, 0.3) is 0 Å². The molecule has 1 heteroatoms. The van der Waals surface area contributed by atoms with E-state index in [1.54, 1.807) is 0 Å². The summed E-state index contributed by atoms with van der Waals surface area (Å²) in [6, 6.07) is 11.2. The molecule has 2 rings (SSSR count). The Morgan fingerprint density at radius 1 is 1.17 bits per heavy atom. The largest absolute Gasteiger partial charge is 0.327 e. The zero-order valence-electron chi connectivity index (χ0n) is 12.1. The van der Waals surface area contributed by atoms with Crippen molar-refractivity contribution in [2.45, 2.75) is 64.3 Å². The Bertz CT molecular complexity index is 370.